The molecule has 3 rings (SSSR count). The maximum Gasteiger partial charge on any atom is 0.275 e. The molecule has 9 heteroatoms. The van der Waals surface area contributed by atoms with Crippen LogP contribution in [0.3, 0.4) is 0 Å². The molecule has 1 atom stereocenters. The molecule has 0 spiro atoms. The van der Waals surface area contributed by atoms with Crippen molar-refractivity contribution < 1.29 is 9.53 Å². The van der Waals surface area contributed by atoms with E-state index >= 15 is 0 Å². The molecule has 5 N–H and O–H groups in total. The number of carbonyl (C=O) groups excluding carboxylic acids is 1. The molecule has 1 aromatic carbocycles. The Morgan fingerprint density at radius 2 is 1.89 bits per heavy atom. The Labute approximate surface area is 210 Å². The summed E-state index contributed by atoms with van der Waals surface area (Å²) in [5, 5.41) is 0.0654. The topological polar surface area (TPSA) is 136 Å². The first-order valence-corrected chi connectivity index (χ1v) is 11.8. The van der Waals surface area contributed by atoms with Crippen LogP contribution in [-0.2, 0) is 16.1 Å². The fraction of sp³-hybridized carbons (Fsp3) is 0.370. The van der Waals surface area contributed by atoms with Gasteiger partial charge in [0.1, 0.15) is 10.7 Å². The number of nitrogens with zero attached hydrogens (tertiary/aromatic N) is 2. The number of aromatic amines is 1. The highest BCUT2D eigenvalue weighted by Gasteiger charge is 2.27. The maximum absolute atomic E-state index is 13.6. The van der Waals surface area contributed by atoms with E-state index in [1.165, 1.54) is 10.6 Å². The molecular weight excluding hydrogens is 458 g/mol. The molecule has 0 radical (unpaired) electrons. The van der Waals surface area contributed by atoms with E-state index in [2.05, 4.69) is 11.6 Å². The van der Waals surface area contributed by atoms with E-state index in [9.17, 15) is 14.4 Å². The van der Waals surface area contributed by atoms with E-state index in [1.807, 2.05) is 51.1 Å². The minimum atomic E-state index is -0.522. The molecule has 0 aliphatic carbocycles. The lowest BCUT2D eigenvalue weighted by Gasteiger charge is -2.20. The van der Waals surface area contributed by atoms with Crippen LogP contribution in [0.25, 0.3) is 12.2 Å². The number of carbonyl (C=O) groups is 1. The monoisotopic (exact) mass is 493 g/mol. The van der Waals surface area contributed by atoms with Gasteiger partial charge in [-0.2, -0.15) is 0 Å². The number of allylic oxidation sites excluding steroid dienone is 2. The highest BCUT2D eigenvalue weighted by atomic mass is 16.5. The van der Waals surface area contributed by atoms with Gasteiger partial charge < -0.3 is 26.1 Å². The minimum Gasteiger partial charge on any atom is -0.400 e. The van der Waals surface area contributed by atoms with Crippen LogP contribution in [0.15, 0.2) is 63.5 Å². The van der Waals surface area contributed by atoms with Crippen LogP contribution < -0.4 is 33.3 Å². The van der Waals surface area contributed by atoms with E-state index in [0.717, 1.165) is 12.0 Å². The zero-order chi connectivity index (χ0) is 26.6. The van der Waals surface area contributed by atoms with Gasteiger partial charge in [0.15, 0.2) is 0 Å². The minimum absolute atomic E-state index is 0.0317. The predicted octanol–water partition coefficient (Wildman–Crippen LogP) is 0.125. The van der Waals surface area contributed by atoms with Crippen LogP contribution >= 0.6 is 0 Å². The van der Waals surface area contributed by atoms with Gasteiger partial charge in [-0.1, -0.05) is 57.7 Å². The zero-order valence-corrected chi connectivity index (χ0v) is 21.3. The van der Waals surface area contributed by atoms with E-state index < -0.39 is 16.5 Å². The normalized spacial score (nSPS) is 17.9. The highest BCUT2D eigenvalue weighted by molar-refractivity contribution is 5.93. The summed E-state index contributed by atoms with van der Waals surface area (Å²) in [5.41, 5.74) is 12.3. The number of amides is 1. The standard InChI is InChI=1S/C27H35N5O4/c1-17(25(34)31-12-11-19(16-31)36-5)15-32-22(13-18-9-7-6-8-10-18)24(33)30-21(26(32)35)14-20(28)23(29)27(2,3)4/h6-10,13-14,19H,1,11-12,15-16,28-29H2,2-5H3,(H,30,33)/b21-14-,22-13-,23-20-. The lowest BCUT2D eigenvalue weighted by atomic mass is 9.91. The first-order chi connectivity index (χ1) is 16.9. The molecule has 1 aromatic heterocycles. The SMILES string of the molecule is C=C(Cn1c(=O)/c(=C/C(N)=C(/N)C(C)(C)C)[nH]c(=O)/c1=C/c1ccccc1)C(=O)N1CCC(OC)C1. The van der Waals surface area contributed by atoms with Crippen LogP contribution in [0.1, 0.15) is 32.8 Å². The molecule has 1 amide bonds. The second-order valence-corrected chi connectivity index (χ2v) is 9.96. The molecule has 1 unspecified atom stereocenters. The molecule has 2 aromatic rings. The van der Waals surface area contributed by atoms with Crippen molar-refractivity contribution in [1.29, 1.82) is 0 Å². The number of hydrogen-bond acceptors (Lipinski definition) is 6. The van der Waals surface area contributed by atoms with Crippen molar-refractivity contribution in [2.45, 2.75) is 39.8 Å². The molecule has 192 valence electrons. The molecule has 1 fully saturated rings. The van der Waals surface area contributed by atoms with Crippen LogP contribution in [0.2, 0.25) is 0 Å². The molecular formula is C27H35N5O4. The molecule has 1 aliphatic rings. The Kier molecular flexibility index (Phi) is 8.04. The van der Waals surface area contributed by atoms with Crippen LogP contribution in [-0.4, -0.2) is 46.7 Å². The Balaban J connectivity index is 2.15. The molecule has 0 bridgehead atoms. The Hall–Kier alpha value is -3.85. The molecule has 1 aliphatic heterocycles. The number of H-pyrrole nitrogens is 1. The van der Waals surface area contributed by atoms with Crippen LogP contribution in [0.5, 0.6) is 0 Å². The molecule has 0 saturated carbocycles. The average Bonchev–Trinajstić information content (AvgIpc) is 3.32. The van der Waals surface area contributed by atoms with E-state index in [1.54, 1.807) is 18.1 Å². The Morgan fingerprint density at radius 3 is 2.47 bits per heavy atom. The van der Waals surface area contributed by atoms with Crippen molar-refractivity contribution in [2.24, 2.45) is 16.9 Å². The summed E-state index contributed by atoms with van der Waals surface area (Å²) in [5.74, 6) is -0.283. The number of methoxy groups -OCH3 is 1. The average molecular weight is 494 g/mol. The number of rotatable bonds is 6. The lowest BCUT2D eigenvalue weighted by Crippen LogP contribution is -2.54. The number of benzene rings is 1. The van der Waals surface area contributed by atoms with E-state index in [0.29, 0.717) is 18.8 Å². The van der Waals surface area contributed by atoms with Crippen molar-refractivity contribution in [3.63, 3.8) is 0 Å². The van der Waals surface area contributed by atoms with Gasteiger partial charge in [-0.3, -0.25) is 19.0 Å². The second kappa shape index (κ2) is 10.8. The van der Waals surface area contributed by atoms with Gasteiger partial charge >= 0.3 is 0 Å². The van der Waals surface area contributed by atoms with Crippen molar-refractivity contribution in [1.82, 2.24) is 14.5 Å². The lowest BCUT2D eigenvalue weighted by molar-refractivity contribution is -0.126. The zero-order valence-electron chi connectivity index (χ0n) is 21.3. The van der Waals surface area contributed by atoms with E-state index in [4.69, 9.17) is 16.2 Å². The summed E-state index contributed by atoms with van der Waals surface area (Å²) in [6.07, 6.45) is 3.66. The molecule has 1 saturated heterocycles. The third kappa shape index (κ3) is 6.04. The molecule has 2 heterocycles. The fourth-order valence-corrected chi connectivity index (χ4v) is 3.98. The number of likely N-dealkylation sites (tertiary alicyclic amines) is 1. The number of nitrogens with one attached hydrogen (secondary N) is 1. The van der Waals surface area contributed by atoms with Gasteiger partial charge in [-0.15, -0.1) is 0 Å². The van der Waals surface area contributed by atoms with Gasteiger partial charge in [-0.05, 0) is 24.1 Å². The smallest absolute Gasteiger partial charge is 0.275 e. The van der Waals surface area contributed by atoms with Crippen molar-refractivity contribution in [3.8, 4) is 0 Å². The molecule has 36 heavy (non-hydrogen) atoms. The summed E-state index contributed by atoms with van der Waals surface area (Å²) < 4.78 is 6.60. The Bertz CT molecular complexity index is 1410. The first-order valence-electron chi connectivity index (χ1n) is 11.8. The van der Waals surface area contributed by atoms with Crippen molar-refractivity contribution >= 4 is 18.1 Å². The predicted molar refractivity (Wildman–Crippen MR) is 141 cm³/mol. The summed E-state index contributed by atoms with van der Waals surface area (Å²) in [6, 6.07) is 9.13. The summed E-state index contributed by atoms with van der Waals surface area (Å²) in [6.45, 7) is 10.4. The third-order valence-corrected chi connectivity index (χ3v) is 6.19. The summed E-state index contributed by atoms with van der Waals surface area (Å²) >= 11 is 0. The number of aromatic nitrogens is 2. The Morgan fingerprint density at radius 1 is 1.22 bits per heavy atom. The molecule has 9 nitrogen and oxygen atoms in total. The van der Waals surface area contributed by atoms with Crippen LogP contribution in [0.4, 0.5) is 0 Å². The number of ether oxygens (including phenoxy) is 1. The van der Waals surface area contributed by atoms with Crippen molar-refractivity contribution in [2.75, 3.05) is 20.2 Å². The van der Waals surface area contributed by atoms with Gasteiger partial charge in [0.25, 0.3) is 17.0 Å². The number of hydrogen-bond donors (Lipinski definition) is 3. The van der Waals surface area contributed by atoms with E-state index in [-0.39, 0.29) is 40.5 Å². The summed E-state index contributed by atoms with van der Waals surface area (Å²) in [7, 11) is 1.61. The second-order valence-electron chi connectivity index (χ2n) is 9.96. The van der Waals surface area contributed by atoms with Crippen LogP contribution in [0, 0.1) is 5.41 Å². The van der Waals surface area contributed by atoms with Gasteiger partial charge in [-0.25, -0.2) is 0 Å². The van der Waals surface area contributed by atoms with Gasteiger partial charge in [0, 0.05) is 36.9 Å². The largest absolute Gasteiger partial charge is 0.400 e. The third-order valence-electron chi connectivity index (χ3n) is 6.19. The van der Waals surface area contributed by atoms with Crippen molar-refractivity contribution in [3.05, 3.63) is 90.8 Å². The van der Waals surface area contributed by atoms with Gasteiger partial charge in [0.2, 0.25) is 0 Å². The van der Waals surface area contributed by atoms with Gasteiger partial charge in [0.05, 0.1) is 18.3 Å². The maximum atomic E-state index is 13.6. The summed E-state index contributed by atoms with van der Waals surface area (Å²) in [4.78, 5) is 44.0. The number of nitrogens with two attached hydrogens (primary N) is 2. The first kappa shape index (κ1) is 26.7. The quantitative estimate of drug-likeness (QED) is 0.489. The highest BCUT2D eigenvalue weighted by Crippen LogP contribution is 2.22. The fourth-order valence-electron chi connectivity index (χ4n) is 3.98.